The molecule has 24 heavy (non-hydrogen) atoms. The van der Waals surface area contributed by atoms with E-state index in [0.717, 1.165) is 18.8 Å². The van der Waals surface area contributed by atoms with Gasteiger partial charge in [0.25, 0.3) is 5.91 Å². The van der Waals surface area contributed by atoms with Crippen LogP contribution in [0, 0.1) is 0 Å². The summed E-state index contributed by atoms with van der Waals surface area (Å²) < 4.78 is 5.29. The lowest BCUT2D eigenvalue weighted by molar-refractivity contribution is 0.00371. The number of hydrogen-bond acceptors (Lipinski definition) is 4. The molecule has 6 heteroatoms. The van der Waals surface area contributed by atoms with Crippen molar-refractivity contribution in [2.45, 2.75) is 39.2 Å². The fourth-order valence-electron chi connectivity index (χ4n) is 3.14. The van der Waals surface area contributed by atoms with E-state index in [9.17, 15) is 9.59 Å². The van der Waals surface area contributed by atoms with Crippen LogP contribution in [0.2, 0.25) is 0 Å². The smallest absolute Gasteiger partial charge is 0.254 e. The Kier molecular flexibility index (Phi) is 5.83. The molecule has 0 bridgehead atoms. The predicted molar refractivity (Wildman–Crippen MR) is 94.6 cm³/mol. The molecule has 0 saturated carbocycles. The van der Waals surface area contributed by atoms with Crippen molar-refractivity contribution in [2.24, 2.45) is 0 Å². The monoisotopic (exact) mass is 335 g/mol. The maximum absolute atomic E-state index is 12.7. The summed E-state index contributed by atoms with van der Waals surface area (Å²) in [5.41, 5.74) is 1.01. The number of nitrogens with zero attached hydrogens (tertiary/aromatic N) is 2. The number of carbonyl (C=O) groups is 1. The molecular weight excluding hydrogens is 306 g/mol. The first-order valence-corrected chi connectivity index (χ1v) is 8.52. The second-order valence-electron chi connectivity index (χ2n) is 7.37. The summed E-state index contributed by atoms with van der Waals surface area (Å²) in [4.78, 5) is 31.5. The van der Waals surface area contributed by atoms with Crippen LogP contribution >= 0.6 is 0 Å². The molecule has 1 fully saturated rings. The minimum atomic E-state index is -0.218. The highest BCUT2D eigenvalue weighted by atomic mass is 16.5. The first-order chi connectivity index (χ1) is 11.2. The standard InChI is InChI=1S/C18H29N3O3/c1-13(2)15-10-14(11-16(22)19-15)17(23)20-6-8-21(9-7-20)18(3,4)12-24-5/h10-11,13H,6-9,12H2,1-5H3,(H,19,22). The number of hydrogen-bond donors (Lipinski definition) is 1. The lowest BCUT2D eigenvalue weighted by Gasteiger charge is -2.43. The zero-order valence-corrected chi connectivity index (χ0v) is 15.4. The second kappa shape index (κ2) is 7.49. The molecule has 0 unspecified atom stereocenters. The fraction of sp³-hybridized carbons (Fsp3) is 0.667. The van der Waals surface area contributed by atoms with Crippen molar-refractivity contribution in [1.82, 2.24) is 14.8 Å². The third kappa shape index (κ3) is 4.24. The van der Waals surface area contributed by atoms with E-state index in [4.69, 9.17) is 4.74 Å². The Bertz CT molecular complexity index is 629. The third-order valence-corrected chi connectivity index (χ3v) is 4.65. The van der Waals surface area contributed by atoms with Gasteiger partial charge in [-0.15, -0.1) is 0 Å². The highest BCUT2D eigenvalue weighted by molar-refractivity contribution is 5.94. The van der Waals surface area contributed by atoms with E-state index in [1.807, 2.05) is 18.7 Å². The SMILES string of the molecule is COCC(C)(C)N1CCN(C(=O)c2cc(C(C)C)[nH]c(=O)c2)CC1. The Labute approximate surface area is 143 Å². The number of H-pyrrole nitrogens is 1. The summed E-state index contributed by atoms with van der Waals surface area (Å²) in [6.45, 7) is 11.9. The molecule has 0 spiro atoms. The third-order valence-electron chi connectivity index (χ3n) is 4.65. The van der Waals surface area contributed by atoms with Crippen LogP contribution in [0.25, 0.3) is 0 Å². The largest absolute Gasteiger partial charge is 0.383 e. The predicted octanol–water partition coefficient (Wildman–Crippen LogP) is 1.68. The van der Waals surface area contributed by atoms with Crippen LogP contribution in [0.5, 0.6) is 0 Å². The highest BCUT2D eigenvalue weighted by Crippen LogP contribution is 2.19. The van der Waals surface area contributed by atoms with E-state index < -0.39 is 0 Å². The zero-order valence-electron chi connectivity index (χ0n) is 15.4. The summed E-state index contributed by atoms with van der Waals surface area (Å²) in [6, 6.07) is 3.20. The summed E-state index contributed by atoms with van der Waals surface area (Å²) in [7, 11) is 1.71. The molecule has 0 atom stereocenters. The van der Waals surface area contributed by atoms with Gasteiger partial charge in [0, 0.05) is 56.2 Å². The Balaban J connectivity index is 2.07. The first kappa shape index (κ1) is 18.7. The van der Waals surface area contributed by atoms with Crippen molar-refractivity contribution in [1.29, 1.82) is 0 Å². The Morgan fingerprint density at radius 1 is 1.25 bits per heavy atom. The molecular formula is C18H29N3O3. The maximum Gasteiger partial charge on any atom is 0.254 e. The van der Waals surface area contributed by atoms with Gasteiger partial charge in [0.2, 0.25) is 5.56 Å². The van der Waals surface area contributed by atoms with Gasteiger partial charge in [-0.1, -0.05) is 13.8 Å². The van der Waals surface area contributed by atoms with Gasteiger partial charge < -0.3 is 14.6 Å². The van der Waals surface area contributed by atoms with E-state index in [-0.39, 0.29) is 22.9 Å². The van der Waals surface area contributed by atoms with Crippen LogP contribution in [-0.2, 0) is 4.74 Å². The highest BCUT2D eigenvalue weighted by Gasteiger charge is 2.31. The topological polar surface area (TPSA) is 65.6 Å². The van der Waals surface area contributed by atoms with Crippen molar-refractivity contribution in [3.05, 3.63) is 33.7 Å². The number of nitrogens with one attached hydrogen (secondary N) is 1. The van der Waals surface area contributed by atoms with Crippen LogP contribution in [0.4, 0.5) is 0 Å². The van der Waals surface area contributed by atoms with Crippen molar-refractivity contribution < 1.29 is 9.53 Å². The molecule has 1 aromatic rings. The molecule has 0 radical (unpaired) electrons. The lowest BCUT2D eigenvalue weighted by Crippen LogP contribution is -2.57. The number of aromatic amines is 1. The van der Waals surface area contributed by atoms with Gasteiger partial charge in [-0.2, -0.15) is 0 Å². The van der Waals surface area contributed by atoms with Crippen LogP contribution in [-0.4, -0.2) is 66.1 Å². The minimum absolute atomic E-state index is 0.0431. The van der Waals surface area contributed by atoms with Crippen molar-refractivity contribution in [2.75, 3.05) is 39.9 Å². The number of piperazine rings is 1. The molecule has 1 aliphatic heterocycles. The molecule has 1 aromatic heterocycles. The quantitative estimate of drug-likeness (QED) is 0.889. The van der Waals surface area contributed by atoms with Crippen molar-refractivity contribution in [3.63, 3.8) is 0 Å². The number of amides is 1. The Morgan fingerprint density at radius 2 is 1.88 bits per heavy atom. The Hall–Kier alpha value is -1.66. The van der Waals surface area contributed by atoms with E-state index in [2.05, 4.69) is 23.7 Å². The number of rotatable bonds is 5. The van der Waals surface area contributed by atoms with E-state index in [1.54, 1.807) is 13.2 Å². The van der Waals surface area contributed by atoms with Gasteiger partial charge in [-0.3, -0.25) is 14.5 Å². The van der Waals surface area contributed by atoms with Gasteiger partial charge in [-0.05, 0) is 25.8 Å². The van der Waals surface area contributed by atoms with Gasteiger partial charge in [0.15, 0.2) is 0 Å². The van der Waals surface area contributed by atoms with Gasteiger partial charge >= 0.3 is 0 Å². The number of methoxy groups -OCH3 is 1. The van der Waals surface area contributed by atoms with E-state index in [0.29, 0.717) is 25.3 Å². The molecule has 0 aromatic carbocycles. The first-order valence-electron chi connectivity index (χ1n) is 8.52. The Morgan fingerprint density at radius 3 is 2.42 bits per heavy atom. The second-order valence-corrected chi connectivity index (χ2v) is 7.37. The van der Waals surface area contributed by atoms with Crippen LogP contribution < -0.4 is 5.56 Å². The molecule has 1 aliphatic rings. The molecule has 2 heterocycles. The maximum atomic E-state index is 12.7. The molecule has 134 valence electrons. The average molecular weight is 335 g/mol. The molecule has 1 amide bonds. The minimum Gasteiger partial charge on any atom is -0.383 e. The van der Waals surface area contributed by atoms with Gasteiger partial charge in [0.1, 0.15) is 0 Å². The molecule has 0 aliphatic carbocycles. The van der Waals surface area contributed by atoms with E-state index >= 15 is 0 Å². The lowest BCUT2D eigenvalue weighted by atomic mass is 10.0. The number of ether oxygens (including phenoxy) is 1. The average Bonchev–Trinajstić information content (AvgIpc) is 2.53. The number of pyridine rings is 1. The number of aromatic nitrogens is 1. The van der Waals surface area contributed by atoms with Crippen LogP contribution in [0.3, 0.4) is 0 Å². The van der Waals surface area contributed by atoms with Crippen molar-refractivity contribution >= 4 is 5.91 Å². The summed E-state index contributed by atoms with van der Waals surface area (Å²) in [5.74, 6) is 0.115. The van der Waals surface area contributed by atoms with Crippen LogP contribution in [0.1, 0.15) is 49.7 Å². The summed E-state index contributed by atoms with van der Waals surface area (Å²) in [6.07, 6.45) is 0. The van der Waals surface area contributed by atoms with Gasteiger partial charge in [-0.25, -0.2) is 0 Å². The number of carbonyl (C=O) groups excluding carboxylic acids is 1. The van der Waals surface area contributed by atoms with Crippen LogP contribution in [0.15, 0.2) is 16.9 Å². The normalized spacial score (nSPS) is 16.7. The van der Waals surface area contributed by atoms with Crippen molar-refractivity contribution in [3.8, 4) is 0 Å². The van der Waals surface area contributed by atoms with Gasteiger partial charge in [0.05, 0.1) is 6.61 Å². The summed E-state index contributed by atoms with van der Waals surface area (Å²) in [5, 5.41) is 0. The molecule has 1 N–H and O–H groups in total. The van der Waals surface area contributed by atoms with E-state index in [1.165, 1.54) is 6.07 Å². The fourth-order valence-corrected chi connectivity index (χ4v) is 3.14. The molecule has 2 rings (SSSR count). The summed E-state index contributed by atoms with van der Waals surface area (Å²) >= 11 is 0. The molecule has 1 saturated heterocycles. The molecule has 6 nitrogen and oxygen atoms in total. The zero-order chi connectivity index (χ0) is 17.9.